The van der Waals surface area contributed by atoms with E-state index in [4.69, 9.17) is 4.74 Å². The van der Waals surface area contributed by atoms with Gasteiger partial charge in [0.1, 0.15) is 18.2 Å². The first-order valence-electron chi connectivity index (χ1n) is 11.2. The molecule has 1 heterocycles. The number of carbonyl (C=O) groups excluding carboxylic acids is 1. The highest BCUT2D eigenvalue weighted by molar-refractivity contribution is 7.89. The van der Waals surface area contributed by atoms with Crippen molar-refractivity contribution in [3.63, 3.8) is 0 Å². The summed E-state index contributed by atoms with van der Waals surface area (Å²) in [6, 6.07) is 15.5. The number of ether oxygens (including phenoxy) is 1. The molecule has 4 rings (SSSR count). The summed E-state index contributed by atoms with van der Waals surface area (Å²) >= 11 is 0. The third-order valence-electron chi connectivity index (χ3n) is 6.01. The lowest BCUT2D eigenvalue weighted by Crippen LogP contribution is -2.54. The standard InChI is InChI=1S/C26H23F4NO4S/c27-21-9-11-23(12-10-21)36(33,34)31-15-14-24(31)25(32)13-6-18-2-1-3-22(16-18)35-17-19-4-7-20(8-5-19)26(28,29)30/h1-5,7-12,16,24H,6,13-15,17H2/t24-/m0/s1. The molecule has 0 unspecified atom stereocenters. The molecular formula is C26H23F4NO4S. The highest BCUT2D eigenvalue weighted by Crippen LogP contribution is 2.30. The van der Waals surface area contributed by atoms with Crippen LogP contribution >= 0.6 is 0 Å². The van der Waals surface area contributed by atoms with Crippen molar-refractivity contribution in [3.8, 4) is 5.75 Å². The maximum Gasteiger partial charge on any atom is 0.416 e. The minimum Gasteiger partial charge on any atom is -0.489 e. The predicted molar refractivity (Wildman–Crippen MR) is 124 cm³/mol. The van der Waals surface area contributed by atoms with Crippen LogP contribution in [0.5, 0.6) is 5.75 Å². The van der Waals surface area contributed by atoms with Gasteiger partial charge in [0.25, 0.3) is 0 Å². The van der Waals surface area contributed by atoms with Crippen LogP contribution in [-0.4, -0.2) is 31.1 Å². The lowest BCUT2D eigenvalue weighted by Gasteiger charge is -2.38. The van der Waals surface area contributed by atoms with Crippen molar-refractivity contribution in [2.75, 3.05) is 6.54 Å². The van der Waals surface area contributed by atoms with Crippen molar-refractivity contribution in [2.45, 2.75) is 43.0 Å². The smallest absolute Gasteiger partial charge is 0.416 e. The molecule has 0 saturated carbocycles. The number of hydrogen-bond acceptors (Lipinski definition) is 4. The van der Waals surface area contributed by atoms with Gasteiger partial charge < -0.3 is 4.74 Å². The Kier molecular flexibility index (Phi) is 7.46. The number of nitrogens with zero attached hydrogens (tertiary/aromatic N) is 1. The molecule has 0 radical (unpaired) electrons. The Morgan fingerprint density at radius 2 is 1.67 bits per heavy atom. The van der Waals surface area contributed by atoms with Gasteiger partial charge in [0, 0.05) is 13.0 Å². The van der Waals surface area contributed by atoms with Crippen LogP contribution < -0.4 is 4.74 Å². The van der Waals surface area contributed by atoms with Gasteiger partial charge in [-0.25, -0.2) is 12.8 Å². The van der Waals surface area contributed by atoms with E-state index in [1.807, 2.05) is 6.07 Å². The SMILES string of the molecule is O=C(CCc1cccc(OCc2ccc(C(F)(F)F)cc2)c1)[C@@H]1CCN1S(=O)(=O)c1ccc(F)cc1. The molecule has 1 aliphatic heterocycles. The van der Waals surface area contributed by atoms with E-state index in [0.29, 0.717) is 24.2 Å². The first kappa shape index (κ1) is 25.8. The van der Waals surface area contributed by atoms with E-state index in [-0.39, 0.29) is 30.3 Å². The Balaban J connectivity index is 1.32. The molecule has 0 bridgehead atoms. The van der Waals surface area contributed by atoms with Crippen molar-refractivity contribution in [1.29, 1.82) is 0 Å². The van der Waals surface area contributed by atoms with E-state index >= 15 is 0 Å². The van der Waals surface area contributed by atoms with E-state index in [2.05, 4.69) is 0 Å². The van der Waals surface area contributed by atoms with Crippen molar-refractivity contribution < 1.29 is 35.5 Å². The molecule has 3 aromatic rings. The van der Waals surface area contributed by atoms with Gasteiger partial charge in [-0.15, -0.1) is 0 Å². The second-order valence-corrected chi connectivity index (χ2v) is 10.4. The van der Waals surface area contributed by atoms with Gasteiger partial charge in [0.2, 0.25) is 10.0 Å². The summed E-state index contributed by atoms with van der Waals surface area (Å²) in [5.74, 6) is -0.247. The van der Waals surface area contributed by atoms with Crippen LogP contribution in [0.15, 0.2) is 77.7 Å². The Hall–Kier alpha value is -3.24. The molecular weight excluding hydrogens is 498 g/mol. The maximum atomic E-state index is 13.1. The average Bonchev–Trinajstić information content (AvgIpc) is 2.81. The van der Waals surface area contributed by atoms with Crippen molar-refractivity contribution >= 4 is 15.8 Å². The Labute approximate surface area is 206 Å². The molecule has 1 atom stereocenters. The zero-order valence-electron chi connectivity index (χ0n) is 19.0. The van der Waals surface area contributed by atoms with Crippen LogP contribution in [0, 0.1) is 5.82 Å². The number of hydrogen-bond donors (Lipinski definition) is 0. The number of Topliss-reactive ketones (excluding diaryl/α,β-unsaturated/α-hetero) is 1. The Bertz CT molecular complexity index is 1320. The van der Waals surface area contributed by atoms with E-state index < -0.39 is 33.6 Å². The van der Waals surface area contributed by atoms with Crippen LogP contribution in [0.3, 0.4) is 0 Å². The molecule has 190 valence electrons. The summed E-state index contributed by atoms with van der Waals surface area (Å²) in [7, 11) is -3.88. The zero-order valence-corrected chi connectivity index (χ0v) is 19.9. The zero-order chi connectivity index (χ0) is 25.9. The van der Waals surface area contributed by atoms with Crippen molar-refractivity contribution in [3.05, 3.63) is 95.3 Å². The van der Waals surface area contributed by atoms with Gasteiger partial charge in [-0.1, -0.05) is 24.3 Å². The fourth-order valence-corrected chi connectivity index (χ4v) is 5.55. The fraction of sp³-hybridized carbons (Fsp3) is 0.269. The van der Waals surface area contributed by atoms with Gasteiger partial charge in [0.15, 0.2) is 5.78 Å². The Morgan fingerprint density at radius 3 is 2.28 bits per heavy atom. The number of sulfonamides is 1. The van der Waals surface area contributed by atoms with E-state index in [1.54, 1.807) is 18.2 Å². The number of alkyl halides is 3. The number of carbonyl (C=O) groups is 1. The minimum absolute atomic E-state index is 0.0562. The normalized spacial score (nSPS) is 16.4. The second kappa shape index (κ2) is 10.4. The predicted octanol–water partition coefficient (Wildman–Crippen LogP) is 5.39. The van der Waals surface area contributed by atoms with Crippen LogP contribution in [0.4, 0.5) is 17.6 Å². The van der Waals surface area contributed by atoms with E-state index in [0.717, 1.165) is 34.1 Å². The summed E-state index contributed by atoms with van der Waals surface area (Å²) in [5, 5.41) is 0. The molecule has 1 aliphatic rings. The van der Waals surface area contributed by atoms with E-state index in [1.165, 1.54) is 24.3 Å². The highest BCUT2D eigenvalue weighted by Gasteiger charge is 2.42. The Morgan fingerprint density at radius 1 is 0.972 bits per heavy atom. The summed E-state index contributed by atoms with van der Waals surface area (Å²) < 4.78 is 83.6. The molecule has 0 spiro atoms. The molecule has 1 fully saturated rings. The molecule has 10 heteroatoms. The third-order valence-corrected chi connectivity index (χ3v) is 7.93. The molecule has 0 aliphatic carbocycles. The van der Waals surface area contributed by atoms with Gasteiger partial charge in [0.05, 0.1) is 16.5 Å². The van der Waals surface area contributed by atoms with Crippen molar-refractivity contribution in [2.24, 2.45) is 0 Å². The number of benzene rings is 3. The molecule has 1 saturated heterocycles. The van der Waals surface area contributed by atoms with E-state index in [9.17, 15) is 30.8 Å². The molecule has 0 aromatic heterocycles. The quantitative estimate of drug-likeness (QED) is 0.355. The molecule has 0 N–H and O–H groups in total. The summed E-state index contributed by atoms with van der Waals surface area (Å²) in [5.41, 5.74) is 0.657. The number of rotatable bonds is 9. The molecule has 36 heavy (non-hydrogen) atoms. The average molecular weight is 522 g/mol. The van der Waals surface area contributed by atoms with Gasteiger partial charge in [-0.05, 0) is 72.5 Å². The minimum atomic E-state index is -4.40. The number of halogens is 4. The topological polar surface area (TPSA) is 63.7 Å². The maximum absolute atomic E-state index is 13.1. The van der Waals surface area contributed by atoms with Crippen LogP contribution in [-0.2, 0) is 34.0 Å². The number of aryl methyl sites for hydroxylation is 1. The lowest BCUT2D eigenvalue weighted by atomic mass is 9.97. The van der Waals surface area contributed by atoms with Crippen molar-refractivity contribution in [1.82, 2.24) is 4.31 Å². The largest absolute Gasteiger partial charge is 0.489 e. The van der Waals surface area contributed by atoms with Crippen LogP contribution in [0.2, 0.25) is 0 Å². The van der Waals surface area contributed by atoms with Crippen LogP contribution in [0.1, 0.15) is 29.5 Å². The second-order valence-electron chi connectivity index (χ2n) is 8.47. The first-order valence-corrected chi connectivity index (χ1v) is 12.7. The molecule has 5 nitrogen and oxygen atoms in total. The lowest BCUT2D eigenvalue weighted by molar-refractivity contribution is -0.137. The highest BCUT2D eigenvalue weighted by atomic mass is 32.2. The molecule has 0 amide bonds. The fourth-order valence-electron chi connectivity index (χ4n) is 3.90. The summed E-state index contributed by atoms with van der Waals surface area (Å²) in [6.07, 6.45) is -3.47. The van der Waals surface area contributed by atoms with Gasteiger partial charge in [-0.3, -0.25) is 4.79 Å². The monoisotopic (exact) mass is 521 g/mol. The third kappa shape index (κ3) is 5.93. The van der Waals surface area contributed by atoms with Crippen LogP contribution in [0.25, 0.3) is 0 Å². The summed E-state index contributed by atoms with van der Waals surface area (Å²) in [4.78, 5) is 12.7. The van der Waals surface area contributed by atoms with Gasteiger partial charge >= 0.3 is 6.18 Å². The first-order chi connectivity index (χ1) is 17.0. The van der Waals surface area contributed by atoms with Gasteiger partial charge in [-0.2, -0.15) is 17.5 Å². The number of ketones is 1. The molecule has 3 aromatic carbocycles. The summed E-state index contributed by atoms with van der Waals surface area (Å²) in [6.45, 7) is 0.308.